The van der Waals surface area contributed by atoms with Crippen LogP contribution >= 0.6 is 11.6 Å². The largest absolute Gasteiger partial charge is 0.378 e. The van der Waals surface area contributed by atoms with Gasteiger partial charge >= 0.3 is 6.03 Å². The molecule has 0 saturated heterocycles. The maximum absolute atomic E-state index is 13.2. The molecule has 2 aromatic carbocycles. The molecule has 2 rings (SSSR count). The van der Waals surface area contributed by atoms with Crippen LogP contribution in [0.3, 0.4) is 0 Å². The quantitative estimate of drug-likeness (QED) is 0.794. The van der Waals surface area contributed by atoms with E-state index in [9.17, 15) is 9.18 Å². The molecular formula is C15H15ClFN3O. The van der Waals surface area contributed by atoms with E-state index in [1.807, 2.05) is 13.0 Å². The predicted molar refractivity (Wildman–Crippen MR) is 83.1 cm³/mol. The van der Waals surface area contributed by atoms with E-state index in [2.05, 4.69) is 10.6 Å². The molecule has 0 aliphatic heterocycles. The van der Waals surface area contributed by atoms with Crippen LogP contribution in [0.25, 0.3) is 0 Å². The molecule has 1 atom stereocenters. The van der Waals surface area contributed by atoms with Crippen LogP contribution in [-0.2, 0) is 0 Å². The first-order chi connectivity index (χ1) is 9.95. The zero-order valence-corrected chi connectivity index (χ0v) is 12.1. The molecule has 2 amide bonds. The van der Waals surface area contributed by atoms with Crippen molar-refractivity contribution in [2.24, 2.45) is 5.73 Å². The summed E-state index contributed by atoms with van der Waals surface area (Å²) in [5.74, 6) is -0.444. The molecule has 6 heteroatoms. The van der Waals surface area contributed by atoms with E-state index in [1.165, 1.54) is 6.07 Å². The van der Waals surface area contributed by atoms with Gasteiger partial charge in [0.1, 0.15) is 5.82 Å². The number of urea groups is 1. The van der Waals surface area contributed by atoms with Crippen molar-refractivity contribution in [3.8, 4) is 0 Å². The Morgan fingerprint density at radius 3 is 2.62 bits per heavy atom. The van der Waals surface area contributed by atoms with Crippen LogP contribution in [0.4, 0.5) is 20.6 Å². The number of carbonyl (C=O) groups excluding carboxylic acids is 1. The molecule has 110 valence electrons. The molecule has 0 aromatic heterocycles. The Morgan fingerprint density at radius 2 is 1.95 bits per heavy atom. The lowest BCUT2D eigenvalue weighted by Crippen LogP contribution is -2.19. The third-order valence-electron chi connectivity index (χ3n) is 2.96. The Hall–Kier alpha value is -2.27. The topological polar surface area (TPSA) is 67.2 Å². The molecule has 0 spiro atoms. The second-order valence-corrected chi connectivity index (χ2v) is 5.02. The number of rotatable bonds is 4. The van der Waals surface area contributed by atoms with Gasteiger partial charge in [-0.05, 0) is 42.8 Å². The van der Waals surface area contributed by atoms with Crippen molar-refractivity contribution in [1.29, 1.82) is 0 Å². The minimum atomic E-state index is -0.620. The number of halogens is 2. The van der Waals surface area contributed by atoms with Gasteiger partial charge in [-0.2, -0.15) is 0 Å². The van der Waals surface area contributed by atoms with Crippen molar-refractivity contribution >= 4 is 29.0 Å². The minimum absolute atomic E-state index is 0.0769. The second kappa shape index (κ2) is 6.45. The van der Waals surface area contributed by atoms with Crippen molar-refractivity contribution in [3.05, 3.63) is 58.9 Å². The molecule has 1 unspecified atom stereocenters. The van der Waals surface area contributed by atoms with E-state index in [0.717, 1.165) is 11.3 Å². The van der Waals surface area contributed by atoms with E-state index in [0.29, 0.717) is 5.69 Å². The Balaban J connectivity index is 2.13. The first-order valence-corrected chi connectivity index (χ1v) is 6.71. The van der Waals surface area contributed by atoms with Crippen LogP contribution in [0, 0.1) is 5.82 Å². The average molecular weight is 308 g/mol. The molecule has 0 aliphatic carbocycles. The molecule has 0 radical (unpaired) electrons. The maximum atomic E-state index is 13.2. The van der Waals surface area contributed by atoms with Crippen molar-refractivity contribution in [2.75, 3.05) is 10.6 Å². The normalized spacial score (nSPS) is 11.8. The van der Waals surface area contributed by atoms with Crippen LogP contribution in [0.2, 0.25) is 5.02 Å². The third-order valence-corrected chi connectivity index (χ3v) is 3.25. The Morgan fingerprint density at radius 1 is 1.24 bits per heavy atom. The summed E-state index contributed by atoms with van der Waals surface area (Å²) < 4.78 is 13.2. The molecule has 0 bridgehead atoms. The number of nitrogens with one attached hydrogen (secondary N) is 2. The number of hydrogen-bond donors (Lipinski definition) is 3. The predicted octanol–water partition coefficient (Wildman–Crippen LogP) is 4.14. The Bertz CT molecular complexity index is 663. The van der Waals surface area contributed by atoms with Gasteiger partial charge in [0.2, 0.25) is 0 Å². The number of nitrogens with two attached hydrogens (primary N) is 1. The highest BCUT2D eigenvalue weighted by Gasteiger charge is 2.08. The summed E-state index contributed by atoms with van der Waals surface area (Å²) in [5.41, 5.74) is 7.33. The van der Waals surface area contributed by atoms with Crippen LogP contribution in [0.5, 0.6) is 0 Å². The van der Waals surface area contributed by atoms with E-state index in [4.69, 9.17) is 17.3 Å². The van der Waals surface area contributed by atoms with Crippen molar-refractivity contribution in [2.45, 2.75) is 13.0 Å². The highest BCUT2D eigenvalue weighted by molar-refractivity contribution is 6.30. The third kappa shape index (κ3) is 4.10. The fourth-order valence-corrected chi connectivity index (χ4v) is 2.13. The summed E-state index contributed by atoms with van der Waals surface area (Å²) >= 11 is 5.78. The first-order valence-electron chi connectivity index (χ1n) is 6.33. The zero-order valence-electron chi connectivity index (χ0n) is 11.4. The van der Waals surface area contributed by atoms with Gasteiger partial charge in [-0.1, -0.05) is 23.7 Å². The van der Waals surface area contributed by atoms with E-state index in [1.54, 1.807) is 30.3 Å². The van der Waals surface area contributed by atoms with E-state index >= 15 is 0 Å². The Kier molecular flexibility index (Phi) is 4.65. The minimum Gasteiger partial charge on any atom is -0.378 e. The molecule has 2 aromatic rings. The number of hydrogen-bond acceptors (Lipinski definition) is 2. The van der Waals surface area contributed by atoms with Gasteiger partial charge < -0.3 is 16.4 Å². The average Bonchev–Trinajstić information content (AvgIpc) is 2.41. The van der Waals surface area contributed by atoms with Crippen LogP contribution in [0.1, 0.15) is 18.5 Å². The summed E-state index contributed by atoms with van der Waals surface area (Å²) in [6, 6.07) is 11.0. The number of primary amides is 1. The lowest BCUT2D eigenvalue weighted by Gasteiger charge is -2.17. The molecule has 0 saturated carbocycles. The summed E-state index contributed by atoms with van der Waals surface area (Å²) in [4.78, 5) is 10.8. The maximum Gasteiger partial charge on any atom is 0.316 e. The number of carbonyl (C=O) groups is 1. The number of anilines is 2. The lowest BCUT2D eigenvalue weighted by atomic mass is 10.1. The number of benzene rings is 2. The molecule has 0 heterocycles. The van der Waals surface area contributed by atoms with E-state index < -0.39 is 11.8 Å². The molecule has 0 aliphatic rings. The van der Waals surface area contributed by atoms with Crippen LogP contribution in [0.15, 0.2) is 42.5 Å². The lowest BCUT2D eigenvalue weighted by molar-refractivity contribution is 0.259. The van der Waals surface area contributed by atoms with Gasteiger partial charge in [-0.25, -0.2) is 9.18 Å². The van der Waals surface area contributed by atoms with E-state index in [-0.39, 0.29) is 11.1 Å². The standard InChI is InChI=1S/C15H15ClFN3O/c1-9(10-5-6-14(17)13(16)7-10)19-11-3-2-4-12(8-11)20-15(18)21/h2-9,19H,1H3,(H3,18,20,21). The Labute approximate surface area is 127 Å². The van der Waals surface area contributed by atoms with Gasteiger partial charge in [0.05, 0.1) is 5.02 Å². The first kappa shape index (κ1) is 15.1. The molecule has 0 fully saturated rings. The zero-order chi connectivity index (χ0) is 15.4. The monoisotopic (exact) mass is 307 g/mol. The highest BCUT2D eigenvalue weighted by Crippen LogP contribution is 2.25. The van der Waals surface area contributed by atoms with Crippen molar-refractivity contribution in [3.63, 3.8) is 0 Å². The summed E-state index contributed by atoms with van der Waals surface area (Å²) in [6.07, 6.45) is 0. The number of amides is 2. The molecular weight excluding hydrogens is 293 g/mol. The SMILES string of the molecule is CC(Nc1cccc(NC(N)=O)c1)c1ccc(F)c(Cl)c1. The molecule has 4 nitrogen and oxygen atoms in total. The smallest absolute Gasteiger partial charge is 0.316 e. The van der Waals surface area contributed by atoms with Crippen LogP contribution < -0.4 is 16.4 Å². The second-order valence-electron chi connectivity index (χ2n) is 4.61. The molecule has 4 N–H and O–H groups in total. The van der Waals surface area contributed by atoms with Crippen molar-refractivity contribution in [1.82, 2.24) is 0 Å². The van der Waals surface area contributed by atoms with Crippen molar-refractivity contribution < 1.29 is 9.18 Å². The summed E-state index contributed by atoms with van der Waals surface area (Å²) in [6.45, 7) is 1.93. The van der Waals surface area contributed by atoms with Gasteiger partial charge in [-0.15, -0.1) is 0 Å². The van der Waals surface area contributed by atoms with Crippen LogP contribution in [-0.4, -0.2) is 6.03 Å². The fraction of sp³-hybridized carbons (Fsp3) is 0.133. The van der Waals surface area contributed by atoms with Gasteiger partial charge in [-0.3, -0.25) is 0 Å². The molecule has 21 heavy (non-hydrogen) atoms. The summed E-state index contributed by atoms with van der Waals surface area (Å²) in [7, 11) is 0. The fourth-order valence-electron chi connectivity index (χ4n) is 1.94. The van der Waals surface area contributed by atoms with Gasteiger partial charge in [0, 0.05) is 17.4 Å². The summed E-state index contributed by atoms with van der Waals surface area (Å²) in [5, 5.41) is 5.84. The van der Waals surface area contributed by atoms with Gasteiger partial charge in [0.25, 0.3) is 0 Å². The highest BCUT2D eigenvalue weighted by atomic mass is 35.5. The van der Waals surface area contributed by atoms with Gasteiger partial charge in [0.15, 0.2) is 0 Å².